The maximum absolute atomic E-state index is 5.42. The van der Waals surface area contributed by atoms with Gasteiger partial charge in [0.1, 0.15) is 0 Å². The summed E-state index contributed by atoms with van der Waals surface area (Å²) >= 11 is 0. The molecule has 6 heteroatoms. The molecule has 0 bridgehead atoms. The van der Waals surface area contributed by atoms with Gasteiger partial charge in [0.25, 0.3) is 0 Å². The van der Waals surface area contributed by atoms with Crippen molar-refractivity contribution in [3.63, 3.8) is 0 Å². The smallest absolute Gasteiger partial charge is 0.191 e. The van der Waals surface area contributed by atoms with Gasteiger partial charge in [-0.1, -0.05) is 35.9 Å². The lowest BCUT2D eigenvalue weighted by molar-refractivity contribution is 0.0342. The van der Waals surface area contributed by atoms with Gasteiger partial charge in [0.15, 0.2) is 5.96 Å². The number of rotatable bonds is 8. The molecule has 1 aliphatic heterocycles. The second kappa shape index (κ2) is 14.0. The number of guanidine groups is 1. The largest absolute Gasteiger partial charge is 0.379 e. The van der Waals surface area contributed by atoms with E-state index in [1.807, 2.05) is 0 Å². The molecule has 0 saturated carbocycles. The van der Waals surface area contributed by atoms with E-state index >= 15 is 0 Å². The summed E-state index contributed by atoms with van der Waals surface area (Å²) in [4.78, 5) is 7.21. The van der Waals surface area contributed by atoms with Crippen LogP contribution in [-0.4, -0.2) is 50.3 Å². The Kier molecular flexibility index (Phi) is 11.6. The zero-order chi connectivity index (χ0) is 19.4. The van der Waals surface area contributed by atoms with E-state index in [0.29, 0.717) is 6.54 Å². The Hall–Kier alpha value is -1.12. The van der Waals surface area contributed by atoms with Crippen LogP contribution in [0, 0.1) is 0 Å². The normalized spacial score (nSPS) is 18.0. The lowest BCUT2D eigenvalue weighted by atomic mass is 9.97. The molecule has 0 radical (unpaired) electrons. The zero-order valence-electron chi connectivity index (χ0n) is 17.8. The van der Waals surface area contributed by atoms with Crippen LogP contribution in [0.15, 0.2) is 40.9 Å². The Morgan fingerprint density at radius 1 is 1.07 bits per heavy atom. The number of allylic oxidation sites excluding steroid dienone is 1. The van der Waals surface area contributed by atoms with Crippen LogP contribution in [0.4, 0.5) is 0 Å². The van der Waals surface area contributed by atoms with Gasteiger partial charge in [-0.3, -0.25) is 4.90 Å². The molecule has 1 aromatic carbocycles. The van der Waals surface area contributed by atoms with Crippen molar-refractivity contribution in [1.29, 1.82) is 0 Å². The fraction of sp³-hybridized carbons (Fsp3) is 0.609. The minimum absolute atomic E-state index is 0. The molecule has 29 heavy (non-hydrogen) atoms. The highest BCUT2D eigenvalue weighted by Gasteiger charge is 2.10. The van der Waals surface area contributed by atoms with Crippen LogP contribution >= 0.6 is 24.0 Å². The summed E-state index contributed by atoms with van der Waals surface area (Å²) in [5.74, 6) is 0.913. The van der Waals surface area contributed by atoms with Crippen molar-refractivity contribution in [3.05, 3.63) is 47.0 Å². The first-order chi connectivity index (χ1) is 13.8. The molecule has 0 aromatic heterocycles. The van der Waals surface area contributed by atoms with E-state index < -0.39 is 0 Å². The molecule has 0 atom stereocenters. The van der Waals surface area contributed by atoms with Gasteiger partial charge in [-0.25, -0.2) is 4.99 Å². The number of morpholine rings is 1. The first kappa shape index (κ1) is 24.2. The van der Waals surface area contributed by atoms with Gasteiger partial charge in [0.05, 0.1) is 19.8 Å². The number of ether oxygens (including phenoxy) is 1. The van der Waals surface area contributed by atoms with E-state index in [1.165, 1.54) is 36.8 Å². The van der Waals surface area contributed by atoms with Crippen molar-refractivity contribution in [2.75, 3.05) is 39.4 Å². The molecule has 1 fully saturated rings. The van der Waals surface area contributed by atoms with Gasteiger partial charge in [-0.15, -0.1) is 24.0 Å². The Morgan fingerprint density at radius 3 is 2.52 bits per heavy atom. The first-order valence-corrected chi connectivity index (χ1v) is 10.9. The molecule has 2 aliphatic rings. The van der Waals surface area contributed by atoms with Crippen LogP contribution < -0.4 is 10.6 Å². The van der Waals surface area contributed by atoms with E-state index in [2.05, 4.69) is 52.8 Å². The van der Waals surface area contributed by atoms with E-state index in [4.69, 9.17) is 9.73 Å². The van der Waals surface area contributed by atoms with Gasteiger partial charge in [-0.2, -0.15) is 0 Å². The van der Waals surface area contributed by atoms with E-state index in [-0.39, 0.29) is 24.0 Å². The maximum Gasteiger partial charge on any atom is 0.191 e. The van der Waals surface area contributed by atoms with Gasteiger partial charge in [0.2, 0.25) is 0 Å². The third-order valence-corrected chi connectivity index (χ3v) is 5.42. The van der Waals surface area contributed by atoms with Crippen LogP contribution in [0.1, 0.15) is 50.2 Å². The second-order valence-corrected chi connectivity index (χ2v) is 7.69. The summed E-state index contributed by atoms with van der Waals surface area (Å²) in [6.45, 7) is 9.42. The van der Waals surface area contributed by atoms with Crippen LogP contribution in [-0.2, 0) is 17.8 Å². The summed E-state index contributed by atoms with van der Waals surface area (Å²) in [5, 5.41) is 6.84. The third-order valence-electron chi connectivity index (χ3n) is 5.42. The zero-order valence-corrected chi connectivity index (χ0v) is 20.1. The predicted molar refractivity (Wildman–Crippen MR) is 132 cm³/mol. The molecule has 1 heterocycles. The molecule has 0 spiro atoms. The van der Waals surface area contributed by atoms with Crippen molar-refractivity contribution in [2.24, 2.45) is 4.99 Å². The number of aliphatic imine (C=N–C) groups is 1. The fourth-order valence-corrected chi connectivity index (χ4v) is 3.75. The lowest BCUT2D eigenvalue weighted by Crippen LogP contribution is -2.37. The Morgan fingerprint density at radius 2 is 1.83 bits per heavy atom. The van der Waals surface area contributed by atoms with Crippen molar-refractivity contribution < 1.29 is 4.74 Å². The summed E-state index contributed by atoms with van der Waals surface area (Å²) in [7, 11) is 0. The van der Waals surface area contributed by atoms with E-state index in [1.54, 1.807) is 5.57 Å². The van der Waals surface area contributed by atoms with Crippen LogP contribution in [0.5, 0.6) is 0 Å². The molecule has 0 unspecified atom stereocenters. The van der Waals surface area contributed by atoms with E-state index in [0.717, 1.165) is 58.3 Å². The SMILES string of the molecule is CCNC(=NCc1ccc(CN2CCOCC2)cc1)NCCC1=CCCCC1.I. The fourth-order valence-electron chi connectivity index (χ4n) is 3.75. The minimum Gasteiger partial charge on any atom is -0.379 e. The molecule has 1 aromatic rings. The highest BCUT2D eigenvalue weighted by Crippen LogP contribution is 2.19. The second-order valence-electron chi connectivity index (χ2n) is 7.69. The molecule has 5 nitrogen and oxygen atoms in total. The van der Waals surface area contributed by atoms with E-state index in [9.17, 15) is 0 Å². The Balaban J connectivity index is 0.00000300. The van der Waals surface area contributed by atoms with Gasteiger partial charge in [0, 0.05) is 32.7 Å². The number of hydrogen-bond acceptors (Lipinski definition) is 3. The Labute approximate surface area is 193 Å². The van der Waals surface area contributed by atoms with Gasteiger partial charge < -0.3 is 15.4 Å². The molecule has 3 rings (SSSR count). The third kappa shape index (κ3) is 9.05. The Bertz CT molecular complexity index is 639. The number of halogens is 1. The summed E-state index contributed by atoms with van der Waals surface area (Å²) in [6, 6.07) is 8.87. The average molecular weight is 512 g/mol. The van der Waals surface area contributed by atoms with Crippen molar-refractivity contribution >= 4 is 29.9 Å². The molecule has 1 aliphatic carbocycles. The number of benzene rings is 1. The molecule has 162 valence electrons. The highest BCUT2D eigenvalue weighted by atomic mass is 127. The molecule has 1 saturated heterocycles. The standard InChI is InChI=1S/C23H36N4O.HI/c1-2-24-23(25-13-12-20-6-4-3-5-7-20)26-18-21-8-10-22(11-9-21)19-27-14-16-28-17-15-27;/h6,8-11H,2-5,7,12-19H2,1H3,(H2,24,25,26);1H. The molecular formula is C23H37IN4O. The van der Waals surface area contributed by atoms with Crippen LogP contribution in [0.25, 0.3) is 0 Å². The quantitative estimate of drug-likeness (QED) is 0.239. The van der Waals surface area contributed by atoms with Crippen LogP contribution in [0.3, 0.4) is 0 Å². The maximum atomic E-state index is 5.42. The minimum atomic E-state index is 0. The first-order valence-electron chi connectivity index (χ1n) is 10.9. The number of nitrogens with zero attached hydrogens (tertiary/aromatic N) is 2. The monoisotopic (exact) mass is 512 g/mol. The van der Waals surface area contributed by atoms with Crippen molar-refractivity contribution in [3.8, 4) is 0 Å². The summed E-state index contributed by atoms with van der Waals surface area (Å²) < 4.78 is 5.42. The predicted octanol–water partition coefficient (Wildman–Crippen LogP) is 4.08. The summed E-state index contributed by atoms with van der Waals surface area (Å²) in [5.41, 5.74) is 4.21. The highest BCUT2D eigenvalue weighted by molar-refractivity contribution is 14.0. The van der Waals surface area contributed by atoms with Crippen molar-refractivity contribution in [1.82, 2.24) is 15.5 Å². The summed E-state index contributed by atoms with van der Waals surface area (Å²) in [6.07, 6.45) is 8.78. The van der Waals surface area contributed by atoms with Gasteiger partial charge >= 0.3 is 0 Å². The topological polar surface area (TPSA) is 48.9 Å². The van der Waals surface area contributed by atoms with Crippen LogP contribution in [0.2, 0.25) is 0 Å². The number of hydrogen-bond donors (Lipinski definition) is 2. The molecule has 0 amide bonds. The number of nitrogens with one attached hydrogen (secondary N) is 2. The molecule has 2 N–H and O–H groups in total. The van der Waals surface area contributed by atoms with Crippen molar-refractivity contribution in [2.45, 2.75) is 52.1 Å². The van der Waals surface area contributed by atoms with Gasteiger partial charge in [-0.05, 0) is 50.2 Å². The average Bonchev–Trinajstić information content (AvgIpc) is 2.74. The lowest BCUT2D eigenvalue weighted by Gasteiger charge is -2.26. The molecular weight excluding hydrogens is 475 g/mol.